The van der Waals surface area contributed by atoms with E-state index in [-0.39, 0.29) is 0 Å². The summed E-state index contributed by atoms with van der Waals surface area (Å²) in [5.74, 6) is 6.43. The Morgan fingerprint density at radius 1 is 1.35 bits per heavy atom. The Kier molecular flexibility index (Phi) is 3.27. The summed E-state index contributed by atoms with van der Waals surface area (Å²) in [5.41, 5.74) is 0.811. The molecule has 0 fully saturated rings. The molecule has 0 spiro atoms. The second-order valence-electron chi connectivity index (χ2n) is 3.72. The SMILES string of the molecule is COc1ccc2c(C#C[C@@H](C)O)cncc2c1. The molecule has 86 valence electrons. The second-order valence-corrected chi connectivity index (χ2v) is 3.72. The van der Waals surface area contributed by atoms with Crippen LogP contribution in [0.2, 0.25) is 0 Å². The number of hydrogen-bond donors (Lipinski definition) is 1. The van der Waals surface area contributed by atoms with Crippen molar-refractivity contribution in [3.63, 3.8) is 0 Å². The molecule has 0 radical (unpaired) electrons. The summed E-state index contributed by atoms with van der Waals surface area (Å²) in [6.07, 6.45) is 2.83. The van der Waals surface area contributed by atoms with Crippen LogP contribution < -0.4 is 4.74 Å². The number of hydrogen-bond acceptors (Lipinski definition) is 3. The van der Waals surface area contributed by atoms with Gasteiger partial charge < -0.3 is 9.84 Å². The first kappa shape index (κ1) is 11.4. The summed E-state index contributed by atoms with van der Waals surface area (Å²) in [5, 5.41) is 11.1. The summed E-state index contributed by atoms with van der Waals surface area (Å²) in [6, 6.07) is 5.74. The molecule has 0 saturated carbocycles. The van der Waals surface area contributed by atoms with Crippen molar-refractivity contribution in [1.29, 1.82) is 0 Å². The second kappa shape index (κ2) is 4.86. The van der Waals surface area contributed by atoms with Crippen molar-refractivity contribution in [3.05, 3.63) is 36.2 Å². The maximum absolute atomic E-state index is 9.15. The number of pyridine rings is 1. The molecule has 0 amide bonds. The first-order chi connectivity index (χ1) is 8.20. The Hall–Kier alpha value is -2.05. The largest absolute Gasteiger partial charge is 0.497 e. The third kappa shape index (κ3) is 2.55. The topological polar surface area (TPSA) is 42.4 Å². The fraction of sp³-hybridized carbons (Fsp3) is 0.214. The molecule has 1 aromatic carbocycles. The van der Waals surface area contributed by atoms with Gasteiger partial charge in [0.2, 0.25) is 0 Å². The maximum Gasteiger partial charge on any atom is 0.119 e. The molecule has 0 aliphatic rings. The minimum absolute atomic E-state index is 0.636. The summed E-state index contributed by atoms with van der Waals surface area (Å²) in [4.78, 5) is 4.13. The zero-order valence-electron chi connectivity index (χ0n) is 9.77. The van der Waals surface area contributed by atoms with Gasteiger partial charge in [0.15, 0.2) is 0 Å². The Balaban J connectivity index is 2.55. The van der Waals surface area contributed by atoms with Crippen LogP contribution in [0.1, 0.15) is 12.5 Å². The van der Waals surface area contributed by atoms with Crippen molar-refractivity contribution in [2.75, 3.05) is 7.11 Å². The predicted molar refractivity (Wildman–Crippen MR) is 66.9 cm³/mol. The molecular formula is C14H13NO2. The Bertz CT molecular complexity index is 594. The minimum atomic E-state index is -0.636. The van der Waals surface area contributed by atoms with Crippen LogP contribution in [0.5, 0.6) is 5.75 Å². The van der Waals surface area contributed by atoms with Gasteiger partial charge in [-0.2, -0.15) is 0 Å². The Morgan fingerprint density at radius 2 is 2.18 bits per heavy atom. The molecular weight excluding hydrogens is 214 g/mol. The molecule has 1 N–H and O–H groups in total. The lowest BCUT2D eigenvalue weighted by Crippen LogP contribution is -1.93. The fourth-order valence-corrected chi connectivity index (χ4v) is 1.56. The minimum Gasteiger partial charge on any atom is -0.497 e. The zero-order chi connectivity index (χ0) is 12.3. The number of aliphatic hydroxyl groups excluding tert-OH is 1. The number of aliphatic hydroxyl groups is 1. The molecule has 3 nitrogen and oxygen atoms in total. The number of rotatable bonds is 1. The van der Waals surface area contributed by atoms with Crippen LogP contribution in [0.25, 0.3) is 10.8 Å². The lowest BCUT2D eigenvalue weighted by Gasteiger charge is -2.03. The van der Waals surface area contributed by atoms with E-state index < -0.39 is 6.10 Å². The smallest absolute Gasteiger partial charge is 0.119 e. The normalized spacial score (nSPS) is 11.7. The number of benzene rings is 1. The van der Waals surface area contributed by atoms with Crippen LogP contribution >= 0.6 is 0 Å². The van der Waals surface area contributed by atoms with Crippen molar-refractivity contribution < 1.29 is 9.84 Å². The van der Waals surface area contributed by atoms with Crippen molar-refractivity contribution in [2.45, 2.75) is 13.0 Å². The number of ether oxygens (including phenoxy) is 1. The molecule has 0 saturated heterocycles. The van der Waals surface area contributed by atoms with Gasteiger partial charge in [0.25, 0.3) is 0 Å². The van der Waals surface area contributed by atoms with Gasteiger partial charge in [-0.3, -0.25) is 4.98 Å². The van der Waals surface area contributed by atoms with Gasteiger partial charge >= 0.3 is 0 Å². The van der Waals surface area contributed by atoms with Crippen molar-refractivity contribution in [3.8, 4) is 17.6 Å². The van der Waals surface area contributed by atoms with Gasteiger partial charge in [0.1, 0.15) is 11.9 Å². The standard InChI is InChI=1S/C14H13NO2/c1-10(16)3-4-11-8-15-9-12-7-13(17-2)5-6-14(11)12/h5-10,16H,1-2H3/t10-/m1/s1. The molecule has 0 unspecified atom stereocenters. The number of methoxy groups -OCH3 is 1. The molecule has 0 bridgehead atoms. The summed E-state index contributed by atoms with van der Waals surface area (Å²) in [6.45, 7) is 1.63. The third-order valence-corrected chi connectivity index (χ3v) is 2.38. The molecule has 17 heavy (non-hydrogen) atoms. The van der Waals surface area contributed by atoms with Crippen LogP contribution in [-0.4, -0.2) is 23.3 Å². The van der Waals surface area contributed by atoms with E-state index in [2.05, 4.69) is 16.8 Å². The van der Waals surface area contributed by atoms with Crippen molar-refractivity contribution in [1.82, 2.24) is 4.98 Å². The van der Waals surface area contributed by atoms with E-state index in [4.69, 9.17) is 9.84 Å². The van der Waals surface area contributed by atoms with Gasteiger partial charge in [-0.25, -0.2) is 0 Å². The maximum atomic E-state index is 9.15. The van der Waals surface area contributed by atoms with E-state index in [1.54, 1.807) is 26.4 Å². The average Bonchev–Trinajstić information content (AvgIpc) is 2.35. The molecule has 2 aromatic rings. The predicted octanol–water partition coefficient (Wildman–Crippen LogP) is 1.98. The van der Waals surface area contributed by atoms with E-state index in [0.29, 0.717) is 0 Å². The van der Waals surface area contributed by atoms with Gasteiger partial charge in [0.05, 0.1) is 12.7 Å². The lowest BCUT2D eigenvalue weighted by atomic mass is 10.1. The van der Waals surface area contributed by atoms with Crippen molar-refractivity contribution >= 4 is 10.8 Å². The van der Waals surface area contributed by atoms with E-state index in [1.165, 1.54) is 0 Å². The quantitative estimate of drug-likeness (QED) is 0.757. The third-order valence-electron chi connectivity index (χ3n) is 2.38. The highest BCUT2D eigenvalue weighted by atomic mass is 16.5. The highest BCUT2D eigenvalue weighted by Crippen LogP contribution is 2.22. The highest BCUT2D eigenvalue weighted by molar-refractivity contribution is 5.88. The molecule has 3 heteroatoms. The molecule has 2 rings (SSSR count). The molecule has 0 aliphatic carbocycles. The Morgan fingerprint density at radius 3 is 2.88 bits per heavy atom. The summed E-state index contributed by atoms with van der Waals surface area (Å²) >= 11 is 0. The van der Waals surface area contributed by atoms with E-state index in [1.807, 2.05) is 18.2 Å². The van der Waals surface area contributed by atoms with Gasteiger partial charge in [0, 0.05) is 23.2 Å². The van der Waals surface area contributed by atoms with Gasteiger partial charge in [-0.1, -0.05) is 11.8 Å². The number of nitrogens with zero attached hydrogens (tertiary/aromatic N) is 1. The van der Waals surface area contributed by atoms with E-state index >= 15 is 0 Å². The van der Waals surface area contributed by atoms with Crippen LogP contribution in [0, 0.1) is 11.8 Å². The molecule has 0 aliphatic heterocycles. The number of fused-ring (bicyclic) bond motifs is 1. The first-order valence-corrected chi connectivity index (χ1v) is 5.32. The number of aromatic nitrogens is 1. The van der Waals surface area contributed by atoms with E-state index in [9.17, 15) is 0 Å². The van der Waals surface area contributed by atoms with Crippen LogP contribution in [0.4, 0.5) is 0 Å². The zero-order valence-corrected chi connectivity index (χ0v) is 9.77. The fourth-order valence-electron chi connectivity index (χ4n) is 1.56. The highest BCUT2D eigenvalue weighted by Gasteiger charge is 2.01. The summed E-state index contributed by atoms with van der Waals surface area (Å²) in [7, 11) is 1.63. The van der Waals surface area contributed by atoms with Gasteiger partial charge in [-0.05, 0) is 25.1 Å². The monoisotopic (exact) mass is 227 g/mol. The van der Waals surface area contributed by atoms with Crippen molar-refractivity contribution in [2.24, 2.45) is 0 Å². The molecule has 1 atom stereocenters. The average molecular weight is 227 g/mol. The summed E-state index contributed by atoms with van der Waals surface area (Å²) < 4.78 is 5.16. The lowest BCUT2D eigenvalue weighted by molar-refractivity contribution is 0.253. The molecule has 1 heterocycles. The first-order valence-electron chi connectivity index (χ1n) is 5.32. The van der Waals surface area contributed by atoms with E-state index in [0.717, 1.165) is 22.1 Å². The van der Waals surface area contributed by atoms with Crippen LogP contribution in [0.15, 0.2) is 30.6 Å². The van der Waals surface area contributed by atoms with Crippen LogP contribution in [-0.2, 0) is 0 Å². The van der Waals surface area contributed by atoms with Crippen LogP contribution in [0.3, 0.4) is 0 Å². The Labute approximate surface area is 100 Å². The molecule has 1 aromatic heterocycles. The van der Waals surface area contributed by atoms with Gasteiger partial charge in [-0.15, -0.1) is 0 Å².